The molecule has 3 aromatic rings. The summed E-state index contributed by atoms with van der Waals surface area (Å²) in [6.45, 7) is 1.69. The average Bonchev–Trinajstić information content (AvgIpc) is 2.80. The Kier molecular flexibility index (Phi) is 8.51. The van der Waals surface area contributed by atoms with Crippen molar-refractivity contribution in [3.05, 3.63) is 66.4 Å². The Morgan fingerprint density at radius 1 is 0.900 bits per heavy atom. The number of amides is 1. The van der Waals surface area contributed by atoms with Crippen molar-refractivity contribution in [2.75, 3.05) is 25.5 Å². The summed E-state index contributed by atoms with van der Waals surface area (Å²) in [6.07, 6.45) is 8.81. The number of hydrogen-bond donors (Lipinski definition) is 2. The molecular weight excluding hydrogens is 374 g/mol. The number of para-hydroxylation sites is 1. The lowest BCUT2D eigenvalue weighted by atomic mass is 10.1. The molecule has 0 saturated carbocycles. The van der Waals surface area contributed by atoms with Gasteiger partial charge in [0.15, 0.2) is 0 Å². The number of nitrogens with zero attached hydrogens (tertiary/aromatic N) is 1. The number of anilines is 1. The van der Waals surface area contributed by atoms with Crippen LogP contribution in [0.15, 0.2) is 60.8 Å². The van der Waals surface area contributed by atoms with E-state index in [2.05, 4.69) is 21.7 Å². The highest BCUT2D eigenvalue weighted by molar-refractivity contribution is 5.94. The minimum absolute atomic E-state index is 0.0383. The van der Waals surface area contributed by atoms with Crippen LogP contribution >= 0.6 is 0 Å². The van der Waals surface area contributed by atoms with Crippen molar-refractivity contribution in [2.45, 2.75) is 38.5 Å². The number of carbonyl (C=O) groups excluding carboxylic acids is 1. The predicted molar refractivity (Wildman–Crippen MR) is 123 cm³/mol. The van der Waals surface area contributed by atoms with Gasteiger partial charge in [0.25, 0.3) is 5.91 Å². The van der Waals surface area contributed by atoms with Crippen molar-refractivity contribution in [3.8, 4) is 5.75 Å². The molecule has 2 aromatic carbocycles. The zero-order valence-corrected chi connectivity index (χ0v) is 17.7. The molecule has 5 nitrogen and oxygen atoms in total. The van der Waals surface area contributed by atoms with E-state index in [0.29, 0.717) is 17.9 Å². The first-order valence-electron chi connectivity index (χ1n) is 10.8. The van der Waals surface area contributed by atoms with E-state index in [9.17, 15) is 4.79 Å². The van der Waals surface area contributed by atoms with Gasteiger partial charge in [-0.2, -0.15) is 0 Å². The van der Waals surface area contributed by atoms with Crippen LogP contribution in [0.25, 0.3) is 10.9 Å². The molecule has 0 bridgehead atoms. The molecule has 2 N–H and O–H groups in total. The molecule has 158 valence electrons. The van der Waals surface area contributed by atoms with E-state index in [4.69, 9.17) is 4.74 Å². The summed E-state index contributed by atoms with van der Waals surface area (Å²) in [5, 5.41) is 7.70. The van der Waals surface area contributed by atoms with Crippen molar-refractivity contribution < 1.29 is 9.53 Å². The summed E-state index contributed by atoms with van der Waals surface area (Å²) >= 11 is 0. The van der Waals surface area contributed by atoms with E-state index in [0.717, 1.165) is 37.0 Å². The standard InChI is InChI=1S/C25H31N3O2/c1-30-21-12-10-11-20(19-21)25(29)28-17-9-5-3-2-4-8-16-26-24-15-18-27-23-14-7-6-13-22(23)24/h6-7,10-15,18-19H,2-5,8-9,16-17H2,1H3,(H,26,27)(H,28,29). The van der Waals surface area contributed by atoms with Gasteiger partial charge in [-0.1, -0.05) is 49.9 Å². The van der Waals surface area contributed by atoms with Crippen LogP contribution in [0.3, 0.4) is 0 Å². The monoisotopic (exact) mass is 405 g/mol. The van der Waals surface area contributed by atoms with Gasteiger partial charge in [-0.3, -0.25) is 9.78 Å². The normalized spacial score (nSPS) is 10.7. The zero-order chi connectivity index (χ0) is 21.0. The largest absolute Gasteiger partial charge is 0.497 e. The molecule has 0 radical (unpaired) electrons. The molecule has 0 aliphatic rings. The average molecular weight is 406 g/mol. The summed E-state index contributed by atoms with van der Waals surface area (Å²) in [7, 11) is 1.61. The van der Waals surface area contributed by atoms with Crippen LogP contribution in [0.2, 0.25) is 0 Å². The van der Waals surface area contributed by atoms with E-state index < -0.39 is 0 Å². The lowest BCUT2D eigenvalue weighted by Crippen LogP contribution is -2.24. The molecule has 5 heteroatoms. The fraction of sp³-hybridized carbons (Fsp3) is 0.360. The predicted octanol–water partition coefficient (Wildman–Crippen LogP) is 5.43. The van der Waals surface area contributed by atoms with Gasteiger partial charge in [0.2, 0.25) is 0 Å². The van der Waals surface area contributed by atoms with Gasteiger partial charge in [0.05, 0.1) is 12.6 Å². The van der Waals surface area contributed by atoms with Gasteiger partial charge in [-0.15, -0.1) is 0 Å². The van der Waals surface area contributed by atoms with Gasteiger partial charge < -0.3 is 15.4 Å². The molecule has 30 heavy (non-hydrogen) atoms. The maximum absolute atomic E-state index is 12.1. The van der Waals surface area contributed by atoms with Crippen LogP contribution in [-0.2, 0) is 0 Å². The molecule has 0 atom stereocenters. The van der Waals surface area contributed by atoms with Crippen LogP contribution in [0.1, 0.15) is 48.9 Å². The van der Waals surface area contributed by atoms with E-state index in [1.54, 1.807) is 19.2 Å². The highest BCUT2D eigenvalue weighted by Gasteiger charge is 2.05. The summed E-state index contributed by atoms with van der Waals surface area (Å²) in [5.74, 6) is 0.665. The number of benzene rings is 2. The Morgan fingerprint density at radius 3 is 2.50 bits per heavy atom. The van der Waals surface area contributed by atoms with Gasteiger partial charge in [0.1, 0.15) is 5.75 Å². The van der Waals surface area contributed by atoms with Gasteiger partial charge in [0, 0.05) is 35.9 Å². The van der Waals surface area contributed by atoms with Gasteiger partial charge >= 0.3 is 0 Å². The summed E-state index contributed by atoms with van der Waals surface area (Å²) in [4.78, 5) is 16.5. The number of rotatable bonds is 12. The SMILES string of the molecule is COc1cccc(C(=O)NCCCCCCCCNc2ccnc3ccccc23)c1. The number of pyridine rings is 1. The first-order chi connectivity index (χ1) is 14.8. The Bertz CT molecular complexity index is 937. The smallest absolute Gasteiger partial charge is 0.251 e. The van der Waals surface area contributed by atoms with Gasteiger partial charge in [-0.05, 0) is 43.2 Å². The van der Waals surface area contributed by atoms with Crippen molar-refractivity contribution in [2.24, 2.45) is 0 Å². The minimum atomic E-state index is -0.0383. The second-order valence-electron chi connectivity index (χ2n) is 7.41. The van der Waals surface area contributed by atoms with Crippen LogP contribution in [0.4, 0.5) is 5.69 Å². The molecule has 0 aliphatic carbocycles. The Labute approximate surface area is 178 Å². The molecule has 1 heterocycles. The van der Waals surface area contributed by atoms with Gasteiger partial charge in [-0.25, -0.2) is 0 Å². The second-order valence-corrected chi connectivity index (χ2v) is 7.41. The number of carbonyl (C=O) groups is 1. The van der Waals surface area contributed by atoms with E-state index >= 15 is 0 Å². The number of methoxy groups -OCH3 is 1. The molecular formula is C25H31N3O2. The van der Waals surface area contributed by atoms with Crippen molar-refractivity contribution in [3.63, 3.8) is 0 Å². The Morgan fingerprint density at radius 2 is 1.67 bits per heavy atom. The minimum Gasteiger partial charge on any atom is -0.497 e. The Balaban J connectivity index is 1.23. The van der Waals surface area contributed by atoms with E-state index in [1.165, 1.54) is 24.6 Å². The number of nitrogens with one attached hydrogen (secondary N) is 2. The third-order valence-corrected chi connectivity index (χ3v) is 5.19. The summed E-state index contributed by atoms with van der Waals surface area (Å²) in [6, 6.07) is 17.5. The summed E-state index contributed by atoms with van der Waals surface area (Å²) in [5.41, 5.74) is 2.83. The lowest BCUT2D eigenvalue weighted by Gasteiger charge is -2.09. The number of fused-ring (bicyclic) bond motifs is 1. The number of unbranched alkanes of at least 4 members (excludes halogenated alkanes) is 5. The lowest BCUT2D eigenvalue weighted by molar-refractivity contribution is 0.0952. The molecule has 0 spiro atoms. The molecule has 0 saturated heterocycles. The quantitative estimate of drug-likeness (QED) is 0.395. The fourth-order valence-corrected chi connectivity index (χ4v) is 3.50. The molecule has 0 aliphatic heterocycles. The van der Waals surface area contributed by atoms with Crippen molar-refractivity contribution >= 4 is 22.5 Å². The summed E-state index contributed by atoms with van der Waals surface area (Å²) < 4.78 is 5.16. The van der Waals surface area contributed by atoms with Crippen LogP contribution < -0.4 is 15.4 Å². The van der Waals surface area contributed by atoms with Crippen molar-refractivity contribution in [1.82, 2.24) is 10.3 Å². The third kappa shape index (κ3) is 6.48. The maximum atomic E-state index is 12.1. The first-order valence-corrected chi connectivity index (χ1v) is 10.8. The van der Waals surface area contributed by atoms with E-state index in [1.807, 2.05) is 42.6 Å². The highest BCUT2D eigenvalue weighted by Crippen LogP contribution is 2.21. The van der Waals surface area contributed by atoms with Crippen LogP contribution in [0, 0.1) is 0 Å². The molecule has 0 fully saturated rings. The maximum Gasteiger partial charge on any atom is 0.251 e. The Hall–Kier alpha value is -3.08. The van der Waals surface area contributed by atoms with Crippen LogP contribution in [0.5, 0.6) is 5.75 Å². The topological polar surface area (TPSA) is 63.2 Å². The highest BCUT2D eigenvalue weighted by atomic mass is 16.5. The molecule has 0 unspecified atom stereocenters. The number of aromatic nitrogens is 1. The zero-order valence-electron chi connectivity index (χ0n) is 17.7. The first kappa shape index (κ1) is 21.6. The molecule has 1 aromatic heterocycles. The molecule has 3 rings (SSSR count). The van der Waals surface area contributed by atoms with Crippen LogP contribution in [-0.4, -0.2) is 31.1 Å². The second kappa shape index (κ2) is 11.8. The van der Waals surface area contributed by atoms with Crippen molar-refractivity contribution in [1.29, 1.82) is 0 Å². The number of hydrogen-bond acceptors (Lipinski definition) is 4. The molecule has 1 amide bonds. The van der Waals surface area contributed by atoms with E-state index in [-0.39, 0.29) is 5.91 Å². The third-order valence-electron chi connectivity index (χ3n) is 5.19. The number of ether oxygens (including phenoxy) is 1. The fourth-order valence-electron chi connectivity index (χ4n) is 3.50.